The Hall–Kier alpha value is -2.68. The van der Waals surface area contributed by atoms with Gasteiger partial charge in [0.2, 0.25) is 27.0 Å². The number of fused-ring (bicyclic) bond motifs is 5. The van der Waals surface area contributed by atoms with Crippen LogP contribution in [0.15, 0.2) is 5.16 Å². The maximum Gasteiger partial charge on any atom is 0.427 e. The molecule has 0 radical (unpaired) electrons. The molecule has 2 bridgehead atoms. The number of hydrogen-bond acceptors (Lipinski definition) is 9. The van der Waals surface area contributed by atoms with E-state index in [1.165, 1.54) is 9.80 Å². The van der Waals surface area contributed by atoms with E-state index >= 15 is 4.39 Å². The van der Waals surface area contributed by atoms with Gasteiger partial charge in [0.25, 0.3) is 0 Å². The fourth-order valence-electron chi connectivity index (χ4n) is 5.16. The van der Waals surface area contributed by atoms with Gasteiger partial charge in [-0.3, -0.25) is 4.90 Å². The first-order valence-electron chi connectivity index (χ1n) is 11.3. The number of pyridine rings is 1. The molecule has 0 aromatic carbocycles. The van der Waals surface area contributed by atoms with E-state index < -0.39 is 79.5 Å². The number of hydrogen-bond donors (Lipinski definition) is 0. The highest BCUT2D eigenvalue weighted by Crippen LogP contribution is 2.48. The topological polar surface area (TPSA) is 115 Å². The van der Waals surface area contributed by atoms with E-state index in [1.54, 1.807) is 20.8 Å². The molecular formula is C21H22ClF4N5O5S. The first kappa shape index (κ1) is 25.9. The van der Waals surface area contributed by atoms with Gasteiger partial charge in [-0.2, -0.15) is 18.2 Å². The van der Waals surface area contributed by atoms with Crippen LogP contribution in [0.2, 0.25) is 5.15 Å². The molecule has 2 saturated heterocycles. The molecular weight excluding hydrogens is 546 g/mol. The second kappa shape index (κ2) is 8.16. The molecule has 2 aromatic rings. The zero-order chi connectivity index (χ0) is 27.2. The van der Waals surface area contributed by atoms with Gasteiger partial charge in [0, 0.05) is 12.8 Å². The fraction of sp³-hybridized carbons (Fsp3) is 0.619. The summed E-state index contributed by atoms with van der Waals surface area (Å²) in [4.78, 5) is 27.0. The molecule has 0 aliphatic carbocycles. The van der Waals surface area contributed by atoms with E-state index in [-0.39, 0.29) is 24.2 Å². The summed E-state index contributed by atoms with van der Waals surface area (Å²) in [6.07, 6.45) is -6.96. The van der Waals surface area contributed by atoms with E-state index in [2.05, 4.69) is 15.0 Å². The van der Waals surface area contributed by atoms with Crippen LogP contribution in [0, 0.1) is 5.82 Å². The van der Waals surface area contributed by atoms with Crippen LogP contribution in [0.4, 0.5) is 28.2 Å². The number of alkyl halides is 3. The monoisotopic (exact) mass is 567 g/mol. The number of aromatic nitrogens is 3. The van der Waals surface area contributed by atoms with Crippen LogP contribution in [0.25, 0.3) is 10.9 Å². The van der Waals surface area contributed by atoms with Crippen LogP contribution in [0.1, 0.15) is 33.6 Å². The summed E-state index contributed by atoms with van der Waals surface area (Å²) >= 11 is 5.83. The van der Waals surface area contributed by atoms with E-state index in [1.807, 2.05) is 0 Å². The molecule has 3 aliphatic rings. The van der Waals surface area contributed by atoms with Gasteiger partial charge in [0.1, 0.15) is 22.3 Å². The van der Waals surface area contributed by atoms with Gasteiger partial charge in [-0.1, -0.05) is 11.6 Å². The van der Waals surface area contributed by atoms with Crippen molar-refractivity contribution < 1.29 is 40.2 Å². The van der Waals surface area contributed by atoms with Crippen LogP contribution in [-0.4, -0.2) is 83.2 Å². The van der Waals surface area contributed by atoms with Gasteiger partial charge >= 0.3 is 12.3 Å². The van der Waals surface area contributed by atoms with Gasteiger partial charge in [-0.25, -0.2) is 27.6 Å². The van der Waals surface area contributed by atoms with Crippen molar-refractivity contribution in [3.8, 4) is 5.88 Å². The number of ether oxygens (including phenoxy) is 2. The lowest BCUT2D eigenvalue weighted by Crippen LogP contribution is -2.68. The Bertz CT molecular complexity index is 1420. The Morgan fingerprint density at radius 3 is 2.43 bits per heavy atom. The van der Waals surface area contributed by atoms with Crippen LogP contribution in [0.5, 0.6) is 5.88 Å². The molecule has 2 aromatic heterocycles. The van der Waals surface area contributed by atoms with Crippen molar-refractivity contribution in [1.82, 2.24) is 19.9 Å². The molecule has 5 rings (SSSR count). The van der Waals surface area contributed by atoms with Gasteiger partial charge in [-0.05, 0) is 33.6 Å². The van der Waals surface area contributed by atoms with Crippen molar-refractivity contribution in [1.29, 1.82) is 0 Å². The number of carbonyl (C=O) groups is 1. The average molecular weight is 568 g/mol. The van der Waals surface area contributed by atoms with Gasteiger partial charge < -0.3 is 14.4 Å². The number of nitrogens with zero attached hydrogens (tertiary/aromatic N) is 5. The first-order valence-corrected chi connectivity index (χ1v) is 13.5. The number of amides is 1. The zero-order valence-electron chi connectivity index (χ0n) is 20.0. The molecule has 37 heavy (non-hydrogen) atoms. The third-order valence-electron chi connectivity index (χ3n) is 6.46. The molecule has 5 heterocycles. The second-order valence-corrected chi connectivity index (χ2v) is 12.5. The minimum absolute atomic E-state index is 0.171. The van der Waals surface area contributed by atoms with Crippen molar-refractivity contribution in [3.05, 3.63) is 11.0 Å². The SMILES string of the molecule is CC(C)(C)OC(=O)N1[C@@H]2CC[C@H]1[C@H]1[C@@H](C(F)(F)F)Oc3nc(Cl)c(F)c4nc(S(C)(=O)=O)nc(c34)N1C2. The molecule has 202 valence electrons. The van der Waals surface area contributed by atoms with Crippen LogP contribution in [-0.2, 0) is 14.6 Å². The summed E-state index contributed by atoms with van der Waals surface area (Å²) in [5, 5.41) is -1.98. The number of rotatable bonds is 1. The summed E-state index contributed by atoms with van der Waals surface area (Å²) in [6, 6.07) is -3.20. The van der Waals surface area contributed by atoms with E-state index in [0.717, 1.165) is 6.26 Å². The zero-order valence-corrected chi connectivity index (χ0v) is 21.6. The highest BCUT2D eigenvalue weighted by atomic mass is 35.5. The summed E-state index contributed by atoms with van der Waals surface area (Å²) in [7, 11) is -4.12. The average Bonchev–Trinajstić information content (AvgIpc) is 2.98. The Labute approximate surface area is 213 Å². The number of piperazine rings is 1. The van der Waals surface area contributed by atoms with Crippen molar-refractivity contribution in [2.45, 2.75) is 74.8 Å². The summed E-state index contributed by atoms with van der Waals surface area (Å²) in [5.41, 5.74) is -1.53. The predicted molar refractivity (Wildman–Crippen MR) is 122 cm³/mol. The number of anilines is 1. The standard InChI is InChI=1S/C21H22ClF4N5O5S/c1-20(2,3)36-19(32)31-8-5-6-9(31)13-14(21(24,25)26)35-17-10-12(11(23)15(22)28-17)27-18(37(4,33)34)29-16(10)30(13)7-8/h8-9,13-14H,5-7H2,1-4H3/t8-,9+,13+,14+/m1/s1. The number of halogens is 5. The van der Waals surface area contributed by atoms with Gasteiger partial charge in [-0.15, -0.1) is 0 Å². The third kappa shape index (κ3) is 4.29. The fourth-order valence-corrected chi connectivity index (χ4v) is 5.84. The molecule has 0 N–H and O–H groups in total. The van der Waals surface area contributed by atoms with Crippen LogP contribution >= 0.6 is 11.6 Å². The van der Waals surface area contributed by atoms with Crippen molar-refractivity contribution in [2.24, 2.45) is 0 Å². The highest BCUT2D eigenvalue weighted by molar-refractivity contribution is 7.90. The largest absolute Gasteiger partial charge is 0.462 e. The Morgan fingerprint density at radius 1 is 1.16 bits per heavy atom. The summed E-state index contributed by atoms with van der Waals surface area (Å²) in [5.74, 6) is -2.20. The third-order valence-corrected chi connectivity index (χ3v) is 7.56. The smallest absolute Gasteiger partial charge is 0.427 e. The molecule has 2 fully saturated rings. The Kier molecular flexibility index (Phi) is 5.72. The highest BCUT2D eigenvalue weighted by Gasteiger charge is 2.61. The molecule has 4 atom stereocenters. The van der Waals surface area contributed by atoms with E-state index in [9.17, 15) is 26.4 Å². The second-order valence-electron chi connectivity index (χ2n) is 10.3. The molecule has 16 heteroatoms. The maximum absolute atomic E-state index is 15.0. The number of carbonyl (C=O) groups excluding carboxylic acids is 1. The van der Waals surface area contributed by atoms with Gasteiger partial charge in [0.15, 0.2) is 11.0 Å². The normalized spacial score (nSPS) is 25.5. The van der Waals surface area contributed by atoms with Crippen LogP contribution in [0.3, 0.4) is 0 Å². The first-order chi connectivity index (χ1) is 17.0. The molecule has 0 spiro atoms. The van der Waals surface area contributed by atoms with Gasteiger partial charge in [0.05, 0.1) is 18.1 Å². The molecule has 1 amide bonds. The molecule has 0 saturated carbocycles. The lowest BCUT2D eigenvalue weighted by Gasteiger charge is -2.48. The van der Waals surface area contributed by atoms with E-state index in [4.69, 9.17) is 21.1 Å². The molecule has 10 nitrogen and oxygen atoms in total. The van der Waals surface area contributed by atoms with Crippen molar-refractivity contribution in [3.63, 3.8) is 0 Å². The summed E-state index contributed by atoms with van der Waals surface area (Å²) in [6.45, 7) is 4.75. The predicted octanol–water partition coefficient (Wildman–Crippen LogP) is 3.50. The Balaban J connectivity index is 1.75. The van der Waals surface area contributed by atoms with Crippen LogP contribution < -0.4 is 9.64 Å². The molecule has 0 unspecified atom stereocenters. The summed E-state index contributed by atoms with van der Waals surface area (Å²) < 4.78 is 94.1. The maximum atomic E-state index is 15.0. The van der Waals surface area contributed by atoms with Crippen molar-refractivity contribution >= 4 is 44.3 Å². The Morgan fingerprint density at radius 2 is 1.84 bits per heavy atom. The minimum atomic E-state index is -4.97. The molecule has 3 aliphatic heterocycles. The quantitative estimate of drug-likeness (QED) is 0.290. The minimum Gasteiger partial charge on any atom is -0.462 e. The lowest BCUT2D eigenvalue weighted by molar-refractivity contribution is -0.206. The lowest BCUT2D eigenvalue weighted by atomic mass is 9.96. The van der Waals surface area contributed by atoms with Crippen molar-refractivity contribution in [2.75, 3.05) is 17.7 Å². The van der Waals surface area contributed by atoms with E-state index in [0.29, 0.717) is 6.42 Å². The number of sulfone groups is 1.